The zero-order valence-electron chi connectivity index (χ0n) is 11.8. The minimum absolute atomic E-state index is 0.0366. The van der Waals surface area contributed by atoms with Crippen LogP contribution in [0.15, 0.2) is 18.2 Å². The van der Waals surface area contributed by atoms with E-state index in [1.807, 2.05) is 6.92 Å². The molecule has 0 aliphatic rings. The van der Waals surface area contributed by atoms with Crippen molar-refractivity contribution >= 4 is 17.6 Å². The lowest BCUT2D eigenvalue weighted by molar-refractivity contribution is 0.0689. The second-order valence-corrected chi connectivity index (χ2v) is 4.96. The van der Waals surface area contributed by atoms with Crippen molar-refractivity contribution in [1.82, 2.24) is 15.0 Å². The van der Waals surface area contributed by atoms with Gasteiger partial charge in [-0.3, -0.25) is 0 Å². The van der Waals surface area contributed by atoms with Crippen molar-refractivity contribution in [3.63, 3.8) is 0 Å². The molecule has 7 heteroatoms. The van der Waals surface area contributed by atoms with Crippen molar-refractivity contribution in [2.24, 2.45) is 0 Å². The van der Waals surface area contributed by atoms with Gasteiger partial charge in [-0.25, -0.2) is 9.48 Å². The number of hydrogen-bond donors (Lipinski definition) is 1. The van der Waals surface area contributed by atoms with Gasteiger partial charge in [0.2, 0.25) is 0 Å². The van der Waals surface area contributed by atoms with Gasteiger partial charge in [0.05, 0.1) is 12.8 Å². The molecule has 0 aliphatic carbocycles. The molecular weight excluding hydrogens is 294 g/mol. The monoisotopic (exact) mass is 309 g/mol. The van der Waals surface area contributed by atoms with Crippen LogP contribution in [0.25, 0.3) is 5.69 Å². The minimum atomic E-state index is -1.09. The van der Waals surface area contributed by atoms with Gasteiger partial charge in [-0.2, -0.15) is 0 Å². The van der Waals surface area contributed by atoms with Crippen molar-refractivity contribution in [1.29, 1.82) is 0 Å². The zero-order chi connectivity index (χ0) is 15.4. The number of benzene rings is 1. The zero-order valence-corrected chi connectivity index (χ0v) is 12.6. The van der Waals surface area contributed by atoms with Gasteiger partial charge in [-0.15, -0.1) is 5.10 Å². The Morgan fingerprint density at radius 3 is 2.86 bits per heavy atom. The van der Waals surface area contributed by atoms with E-state index in [0.717, 1.165) is 12.8 Å². The summed E-state index contributed by atoms with van der Waals surface area (Å²) in [5.74, 6) is -0.535. The topological polar surface area (TPSA) is 77.2 Å². The molecule has 0 unspecified atom stereocenters. The fourth-order valence-corrected chi connectivity index (χ4v) is 2.22. The molecule has 0 atom stereocenters. The number of carboxylic acid groups (broad SMARTS) is 1. The van der Waals surface area contributed by atoms with E-state index in [4.69, 9.17) is 16.3 Å². The summed E-state index contributed by atoms with van der Waals surface area (Å²) in [4.78, 5) is 11.3. The van der Waals surface area contributed by atoms with Crippen LogP contribution in [-0.2, 0) is 6.42 Å². The van der Waals surface area contributed by atoms with Gasteiger partial charge >= 0.3 is 5.97 Å². The first-order chi connectivity index (χ1) is 10.1. The third-order valence-corrected chi connectivity index (χ3v) is 3.34. The fraction of sp³-hybridized carbons (Fsp3) is 0.357. The fourth-order valence-electron chi connectivity index (χ4n) is 2.06. The van der Waals surface area contributed by atoms with Gasteiger partial charge in [0.1, 0.15) is 11.4 Å². The van der Waals surface area contributed by atoms with E-state index in [2.05, 4.69) is 10.3 Å². The standard InChI is InChI=1S/C14H16ClN3O3/c1-3-4-5-10-13(14(19)20)16-17-18(10)11-8-9(15)6-7-12(11)21-2/h6-8H,3-5H2,1-2H3,(H,19,20). The van der Waals surface area contributed by atoms with Crippen molar-refractivity contribution in [2.75, 3.05) is 7.11 Å². The largest absolute Gasteiger partial charge is 0.494 e. The second-order valence-electron chi connectivity index (χ2n) is 4.52. The summed E-state index contributed by atoms with van der Waals surface area (Å²) in [7, 11) is 1.54. The number of carbonyl (C=O) groups is 1. The summed E-state index contributed by atoms with van der Waals surface area (Å²) in [6.45, 7) is 2.04. The van der Waals surface area contributed by atoms with Crippen LogP contribution < -0.4 is 4.74 Å². The Kier molecular flexibility index (Phi) is 4.80. The van der Waals surface area contributed by atoms with Crippen LogP contribution in [-0.4, -0.2) is 33.2 Å². The van der Waals surface area contributed by atoms with Crippen LogP contribution in [0.3, 0.4) is 0 Å². The third-order valence-electron chi connectivity index (χ3n) is 3.10. The summed E-state index contributed by atoms with van der Waals surface area (Å²) in [5.41, 5.74) is 1.09. The number of aromatic nitrogens is 3. The van der Waals surface area contributed by atoms with Gasteiger partial charge in [0.15, 0.2) is 5.69 Å². The van der Waals surface area contributed by atoms with Gasteiger partial charge < -0.3 is 9.84 Å². The van der Waals surface area contributed by atoms with E-state index in [1.54, 1.807) is 18.2 Å². The molecule has 0 aliphatic heterocycles. The van der Waals surface area contributed by atoms with Crippen LogP contribution in [0.5, 0.6) is 5.75 Å². The molecule has 0 saturated carbocycles. The highest BCUT2D eigenvalue weighted by Gasteiger charge is 2.21. The Morgan fingerprint density at radius 2 is 2.24 bits per heavy atom. The summed E-state index contributed by atoms with van der Waals surface area (Å²) < 4.78 is 6.78. The molecule has 112 valence electrons. The Morgan fingerprint density at radius 1 is 1.48 bits per heavy atom. The highest BCUT2D eigenvalue weighted by molar-refractivity contribution is 6.30. The lowest BCUT2D eigenvalue weighted by Crippen LogP contribution is -2.08. The number of hydrogen-bond acceptors (Lipinski definition) is 4. The number of rotatable bonds is 6. The summed E-state index contributed by atoms with van der Waals surface area (Å²) >= 11 is 6.02. The molecule has 1 aromatic heterocycles. The van der Waals surface area contributed by atoms with E-state index in [1.165, 1.54) is 11.8 Å². The lowest BCUT2D eigenvalue weighted by atomic mass is 10.1. The summed E-state index contributed by atoms with van der Waals surface area (Å²) in [5, 5.41) is 17.5. The number of aromatic carboxylic acids is 1. The van der Waals surface area contributed by atoms with Crippen molar-refractivity contribution in [2.45, 2.75) is 26.2 Å². The van der Waals surface area contributed by atoms with E-state index in [9.17, 15) is 9.90 Å². The Bertz CT molecular complexity index is 655. The molecule has 2 rings (SSSR count). The molecule has 6 nitrogen and oxygen atoms in total. The maximum atomic E-state index is 11.3. The number of halogens is 1. The summed E-state index contributed by atoms with van der Waals surface area (Å²) in [6, 6.07) is 5.09. The van der Waals surface area contributed by atoms with E-state index >= 15 is 0 Å². The Balaban J connectivity index is 2.58. The number of methoxy groups -OCH3 is 1. The average Bonchev–Trinajstić information content (AvgIpc) is 2.88. The third kappa shape index (κ3) is 3.16. The smallest absolute Gasteiger partial charge is 0.358 e. The number of carboxylic acids is 1. The van der Waals surface area contributed by atoms with Gasteiger partial charge in [0, 0.05) is 5.02 Å². The molecule has 0 radical (unpaired) electrons. The van der Waals surface area contributed by atoms with Gasteiger partial charge in [-0.05, 0) is 31.0 Å². The maximum Gasteiger partial charge on any atom is 0.358 e. The van der Waals surface area contributed by atoms with Crippen LogP contribution in [0.1, 0.15) is 35.9 Å². The number of ether oxygens (including phenoxy) is 1. The molecule has 0 bridgehead atoms. The van der Waals surface area contributed by atoms with Crippen LogP contribution in [0.4, 0.5) is 0 Å². The van der Waals surface area contributed by atoms with Gasteiger partial charge in [0.25, 0.3) is 0 Å². The molecule has 1 aromatic carbocycles. The van der Waals surface area contributed by atoms with E-state index in [0.29, 0.717) is 28.6 Å². The first-order valence-electron chi connectivity index (χ1n) is 6.60. The predicted molar refractivity (Wildman–Crippen MR) is 78.5 cm³/mol. The quantitative estimate of drug-likeness (QED) is 0.887. The highest BCUT2D eigenvalue weighted by Crippen LogP contribution is 2.28. The first-order valence-corrected chi connectivity index (χ1v) is 6.98. The normalized spacial score (nSPS) is 10.6. The Labute approximate surface area is 127 Å². The molecule has 1 N–H and O–H groups in total. The molecule has 1 heterocycles. The molecule has 21 heavy (non-hydrogen) atoms. The molecule has 0 saturated heterocycles. The van der Waals surface area contributed by atoms with E-state index in [-0.39, 0.29) is 5.69 Å². The van der Waals surface area contributed by atoms with Crippen LogP contribution >= 0.6 is 11.6 Å². The second kappa shape index (κ2) is 6.58. The minimum Gasteiger partial charge on any atom is -0.494 e. The van der Waals surface area contributed by atoms with Crippen LogP contribution in [0.2, 0.25) is 5.02 Å². The van der Waals surface area contributed by atoms with Gasteiger partial charge in [-0.1, -0.05) is 30.2 Å². The molecule has 0 fully saturated rings. The Hall–Kier alpha value is -2.08. The van der Waals surface area contributed by atoms with E-state index < -0.39 is 5.97 Å². The molecular formula is C14H16ClN3O3. The van der Waals surface area contributed by atoms with Crippen molar-refractivity contribution < 1.29 is 14.6 Å². The maximum absolute atomic E-state index is 11.3. The van der Waals surface area contributed by atoms with Crippen molar-refractivity contribution in [3.05, 3.63) is 34.6 Å². The van der Waals surface area contributed by atoms with Crippen LogP contribution in [0, 0.1) is 0 Å². The molecule has 0 amide bonds. The SMILES string of the molecule is CCCCc1c(C(=O)O)nnn1-c1cc(Cl)ccc1OC. The number of nitrogens with zero attached hydrogens (tertiary/aromatic N) is 3. The first kappa shape index (κ1) is 15.3. The molecule has 2 aromatic rings. The molecule has 0 spiro atoms. The number of unbranched alkanes of at least 4 members (excludes halogenated alkanes) is 1. The lowest BCUT2D eigenvalue weighted by Gasteiger charge is -2.11. The van der Waals surface area contributed by atoms with Crippen molar-refractivity contribution in [3.8, 4) is 11.4 Å². The average molecular weight is 310 g/mol. The highest BCUT2D eigenvalue weighted by atomic mass is 35.5. The summed E-state index contributed by atoms with van der Waals surface area (Å²) in [6.07, 6.45) is 2.36. The predicted octanol–water partition coefficient (Wildman–Crippen LogP) is 2.97.